The summed E-state index contributed by atoms with van der Waals surface area (Å²) in [6.45, 7) is 4.65. The smallest absolute Gasteiger partial charge is 0.330 e. The molecule has 0 spiro atoms. The van der Waals surface area contributed by atoms with Crippen molar-refractivity contribution in [3.8, 4) is 0 Å². The van der Waals surface area contributed by atoms with Gasteiger partial charge in [0, 0.05) is 0 Å². The zero-order valence-electron chi connectivity index (χ0n) is 8.38. The van der Waals surface area contributed by atoms with Crippen LogP contribution in [0.5, 0.6) is 0 Å². The van der Waals surface area contributed by atoms with E-state index in [-0.39, 0.29) is 5.91 Å². The van der Waals surface area contributed by atoms with Crippen LogP contribution in [0.2, 0.25) is 0 Å². The van der Waals surface area contributed by atoms with Crippen LogP contribution in [-0.2, 0) is 14.3 Å². The normalized spacial score (nSPS) is 13.3. The third-order valence-corrected chi connectivity index (χ3v) is 1.54. The van der Waals surface area contributed by atoms with E-state index in [0.717, 1.165) is 0 Å². The Morgan fingerprint density at radius 2 is 1.92 bits per heavy atom. The number of amides is 1. The molecule has 0 saturated heterocycles. The van der Waals surface area contributed by atoms with Gasteiger partial charge in [-0.25, -0.2) is 4.79 Å². The number of hydrogen-bond donors (Lipinski definition) is 2. The first-order valence-electron chi connectivity index (χ1n) is 3.97. The highest BCUT2D eigenvalue weighted by Crippen LogP contribution is 2.04. The molecule has 0 bridgehead atoms. The van der Waals surface area contributed by atoms with Crippen LogP contribution in [0, 0.1) is 0 Å². The van der Waals surface area contributed by atoms with Gasteiger partial charge >= 0.3 is 5.97 Å². The molecule has 0 radical (unpaired) electrons. The lowest BCUT2D eigenvalue weighted by atomic mass is 10.1. The predicted octanol–water partition coefficient (Wildman–Crippen LogP) is -0.599. The van der Waals surface area contributed by atoms with Crippen molar-refractivity contribution >= 4 is 11.9 Å². The van der Waals surface area contributed by atoms with Crippen molar-refractivity contribution in [3.63, 3.8) is 0 Å². The number of methoxy groups -OCH3 is 1. The minimum atomic E-state index is -1.03. The maximum absolute atomic E-state index is 11.1. The second kappa shape index (κ2) is 4.23. The summed E-state index contributed by atoms with van der Waals surface area (Å²) in [7, 11) is 1.27. The topological polar surface area (TPSA) is 81.4 Å². The average molecular weight is 188 g/mol. The molecule has 0 aliphatic rings. The largest absolute Gasteiger partial charge is 0.467 e. The first-order valence-corrected chi connectivity index (χ1v) is 3.97. The number of hydrogen-bond acceptors (Lipinski definition) is 4. The zero-order chi connectivity index (χ0) is 10.6. The van der Waals surface area contributed by atoms with Crippen molar-refractivity contribution in [1.29, 1.82) is 0 Å². The lowest BCUT2D eigenvalue weighted by Crippen LogP contribution is -2.54. The molecule has 76 valence electrons. The molecule has 0 aromatic carbocycles. The van der Waals surface area contributed by atoms with Gasteiger partial charge in [0.15, 0.2) is 0 Å². The highest BCUT2D eigenvalue weighted by atomic mass is 16.5. The van der Waals surface area contributed by atoms with Crippen molar-refractivity contribution < 1.29 is 14.3 Å². The highest BCUT2D eigenvalue weighted by molar-refractivity contribution is 5.89. The number of nitrogens with one attached hydrogen (secondary N) is 1. The molecule has 5 heteroatoms. The van der Waals surface area contributed by atoms with Crippen LogP contribution in [0.3, 0.4) is 0 Å². The Morgan fingerprint density at radius 1 is 1.46 bits per heavy atom. The molecule has 1 amide bonds. The molecule has 3 N–H and O–H groups in total. The molecule has 0 aliphatic heterocycles. The molecule has 0 rings (SSSR count). The standard InChI is InChI=1S/C8H16N2O3/c1-5(9)6(11)10-8(2,3)7(12)13-4/h5H,9H2,1-4H3,(H,10,11). The van der Waals surface area contributed by atoms with Gasteiger partial charge in [-0.1, -0.05) is 0 Å². The van der Waals surface area contributed by atoms with Gasteiger partial charge in [0.2, 0.25) is 5.91 Å². The number of ether oxygens (including phenoxy) is 1. The molecule has 1 unspecified atom stereocenters. The third kappa shape index (κ3) is 3.42. The Bertz CT molecular complexity index is 211. The van der Waals surface area contributed by atoms with Crippen LogP contribution in [-0.4, -0.2) is 30.6 Å². The molecule has 0 aromatic rings. The highest BCUT2D eigenvalue weighted by Gasteiger charge is 2.31. The molecule has 0 aromatic heterocycles. The van der Waals surface area contributed by atoms with E-state index >= 15 is 0 Å². The second-order valence-corrected chi connectivity index (χ2v) is 3.39. The molecule has 0 aliphatic carbocycles. The van der Waals surface area contributed by atoms with Crippen LogP contribution in [0.15, 0.2) is 0 Å². The van der Waals surface area contributed by atoms with Gasteiger partial charge in [0.05, 0.1) is 13.2 Å². The van der Waals surface area contributed by atoms with Gasteiger partial charge in [0.25, 0.3) is 0 Å². The van der Waals surface area contributed by atoms with E-state index in [1.165, 1.54) is 7.11 Å². The fraction of sp³-hybridized carbons (Fsp3) is 0.750. The summed E-state index contributed by atoms with van der Waals surface area (Å²) in [5, 5.41) is 2.47. The summed E-state index contributed by atoms with van der Waals surface area (Å²) >= 11 is 0. The number of carbonyl (C=O) groups excluding carboxylic acids is 2. The number of esters is 1. The lowest BCUT2D eigenvalue weighted by Gasteiger charge is -2.23. The van der Waals surface area contributed by atoms with Gasteiger partial charge in [-0.3, -0.25) is 4.79 Å². The summed E-state index contributed by atoms with van der Waals surface area (Å²) < 4.78 is 4.50. The summed E-state index contributed by atoms with van der Waals surface area (Å²) in [4.78, 5) is 22.2. The van der Waals surface area contributed by atoms with Crippen LogP contribution >= 0.6 is 0 Å². The van der Waals surface area contributed by atoms with E-state index in [4.69, 9.17) is 5.73 Å². The molecule has 0 fully saturated rings. The second-order valence-electron chi connectivity index (χ2n) is 3.39. The van der Waals surface area contributed by atoms with Crippen molar-refractivity contribution in [2.24, 2.45) is 5.73 Å². The van der Waals surface area contributed by atoms with E-state index in [1.54, 1.807) is 20.8 Å². The first-order chi connectivity index (χ1) is 5.81. The van der Waals surface area contributed by atoms with E-state index in [9.17, 15) is 9.59 Å². The van der Waals surface area contributed by atoms with Crippen molar-refractivity contribution in [1.82, 2.24) is 5.32 Å². The first kappa shape index (κ1) is 11.9. The van der Waals surface area contributed by atoms with Crippen molar-refractivity contribution in [3.05, 3.63) is 0 Å². The average Bonchev–Trinajstić information content (AvgIpc) is 2.01. The van der Waals surface area contributed by atoms with E-state index in [0.29, 0.717) is 0 Å². The SMILES string of the molecule is COC(=O)C(C)(C)NC(=O)C(C)N. The maximum Gasteiger partial charge on any atom is 0.330 e. The van der Waals surface area contributed by atoms with Gasteiger partial charge in [-0.05, 0) is 20.8 Å². The quantitative estimate of drug-likeness (QED) is 0.579. The minimum Gasteiger partial charge on any atom is -0.467 e. The molecule has 1 atom stereocenters. The Kier molecular flexibility index (Phi) is 3.87. The lowest BCUT2D eigenvalue weighted by molar-refractivity contribution is -0.149. The Balaban J connectivity index is 4.33. The zero-order valence-corrected chi connectivity index (χ0v) is 8.38. The number of rotatable bonds is 3. The molecule has 0 heterocycles. The summed E-state index contributed by atoms with van der Waals surface area (Å²) in [6.07, 6.45) is 0. The van der Waals surface area contributed by atoms with Gasteiger partial charge in [-0.15, -0.1) is 0 Å². The molecule has 13 heavy (non-hydrogen) atoms. The fourth-order valence-electron chi connectivity index (χ4n) is 0.728. The number of carbonyl (C=O) groups is 2. The Morgan fingerprint density at radius 3 is 2.23 bits per heavy atom. The fourth-order valence-corrected chi connectivity index (χ4v) is 0.728. The molecular formula is C8H16N2O3. The van der Waals surface area contributed by atoms with Gasteiger partial charge < -0.3 is 15.8 Å². The minimum absolute atomic E-state index is 0.379. The molecular weight excluding hydrogens is 172 g/mol. The maximum atomic E-state index is 11.1. The van der Waals surface area contributed by atoms with E-state index in [1.807, 2.05) is 0 Å². The van der Waals surface area contributed by atoms with Gasteiger partial charge in [0.1, 0.15) is 5.54 Å². The van der Waals surface area contributed by atoms with Crippen LogP contribution < -0.4 is 11.1 Å². The monoisotopic (exact) mass is 188 g/mol. The summed E-state index contributed by atoms with van der Waals surface area (Å²) in [5.74, 6) is -0.878. The summed E-state index contributed by atoms with van der Waals surface area (Å²) in [5.41, 5.74) is 4.29. The molecule has 5 nitrogen and oxygen atoms in total. The van der Waals surface area contributed by atoms with Crippen molar-refractivity contribution in [2.45, 2.75) is 32.4 Å². The van der Waals surface area contributed by atoms with Crippen molar-refractivity contribution in [2.75, 3.05) is 7.11 Å². The van der Waals surface area contributed by atoms with Crippen LogP contribution in [0.4, 0.5) is 0 Å². The van der Waals surface area contributed by atoms with Crippen LogP contribution in [0.25, 0.3) is 0 Å². The third-order valence-electron chi connectivity index (χ3n) is 1.54. The van der Waals surface area contributed by atoms with Crippen LogP contribution in [0.1, 0.15) is 20.8 Å². The Hall–Kier alpha value is -1.10. The molecule has 0 saturated carbocycles. The van der Waals surface area contributed by atoms with E-state index < -0.39 is 17.6 Å². The number of nitrogens with two attached hydrogens (primary N) is 1. The predicted molar refractivity (Wildman–Crippen MR) is 47.9 cm³/mol. The Labute approximate surface area is 77.6 Å². The van der Waals surface area contributed by atoms with Gasteiger partial charge in [-0.2, -0.15) is 0 Å². The van der Waals surface area contributed by atoms with E-state index in [2.05, 4.69) is 10.1 Å². The summed E-state index contributed by atoms with van der Waals surface area (Å²) in [6, 6.07) is -0.635.